The van der Waals surface area contributed by atoms with Gasteiger partial charge in [-0.15, -0.1) is 11.3 Å². The van der Waals surface area contributed by atoms with Crippen LogP contribution in [-0.2, 0) is 6.54 Å². The maximum atomic E-state index is 12.6. The maximum absolute atomic E-state index is 12.6. The molecule has 0 radical (unpaired) electrons. The molecule has 2 aromatic carbocycles. The Morgan fingerprint density at radius 2 is 1.78 bits per heavy atom. The van der Waals surface area contributed by atoms with E-state index in [1.54, 1.807) is 6.07 Å². The number of fused-ring (bicyclic) bond motifs is 1. The van der Waals surface area contributed by atoms with Crippen LogP contribution in [0.25, 0.3) is 10.2 Å². The Morgan fingerprint density at radius 3 is 2.50 bits per heavy atom. The fourth-order valence-electron chi connectivity index (χ4n) is 3.21. The van der Waals surface area contributed by atoms with E-state index >= 15 is 0 Å². The average Bonchev–Trinajstić information content (AvgIpc) is 3.34. The van der Waals surface area contributed by atoms with E-state index in [-0.39, 0.29) is 11.3 Å². The van der Waals surface area contributed by atoms with Gasteiger partial charge in [0, 0.05) is 23.1 Å². The van der Waals surface area contributed by atoms with Gasteiger partial charge in [-0.3, -0.25) is 35.2 Å². The molecule has 32 heavy (non-hydrogen) atoms. The largest absolute Gasteiger partial charge is 0.279 e. The second-order valence-corrected chi connectivity index (χ2v) is 8.30. The Kier molecular flexibility index (Phi) is 5.69. The van der Waals surface area contributed by atoms with Crippen LogP contribution in [0, 0.1) is 24.0 Å². The third kappa shape index (κ3) is 4.35. The number of hydrazine groups is 1. The summed E-state index contributed by atoms with van der Waals surface area (Å²) in [7, 11) is 0. The highest BCUT2D eigenvalue weighted by Gasteiger charge is 2.18. The molecule has 2 aromatic heterocycles. The molecule has 0 spiro atoms. The van der Waals surface area contributed by atoms with E-state index in [0.29, 0.717) is 11.4 Å². The first-order chi connectivity index (χ1) is 15.3. The fraction of sp³-hybridized carbons (Fsp3) is 0.136. The third-order valence-electron chi connectivity index (χ3n) is 4.89. The molecule has 0 atom stereocenters. The number of thiophene rings is 1. The number of aromatic nitrogens is 2. The number of nitrogens with zero attached hydrogens (tertiary/aromatic N) is 3. The van der Waals surface area contributed by atoms with E-state index in [9.17, 15) is 19.7 Å². The number of carbonyl (C=O) groups excluding carboxylic acids is 2. The molecule has 2 amide bonds. The zero-order valence-electron chi connectivity index (χ0n) is 17.3. The lowest BCUT2D eigenvalue weighted by Crippen LogP contribution is -2.41. The molecule has 0 bridgehead atoms. The highest BCUT2D eigenvalue weighted by Crippen LogP contribution is 2.29. The van der Waals surface area contributed by atoms with Gasteiger partial charge in [0.2, 0.25) is 0 Å². The van der Waals surface area contributed by atoms with Crippen LogP contribution in [0.3, 0.4) is 0 Å². The van der Waals surface area contributed by atoms with E-state index in [1.165, 1.54) is 35.1 Å². The lowest BCUT2D eigenvalue weighted by Gasteiger charge is -2.06. The number of amides is 2. The van der Waals surface area contributed by atoms with Gasteiger partial charge in [0.15, 0.2) is 0 Å². The van der Waals surface area contributed by atoms with Crippen molar-refractivity contribution in [2.45, 2.75) is 20.4 Å². The SMILES string of the molecule is Cc1ccc(Cn2nc(C)c3cc(C(=O)NNC(=O)c4cccc([N+](=O)[O-])c4)sc32)cc1. The van der Waals surface area contributed by atoms with Crippen LogP contribution in [0.4, 0.5) is 5.69 Å². The Hall–Kier alpha value is -4.05. The Morgan fingerprint density at radius 1 is 1.06 bits per heavy atom. The zero-order chi connectivity index (χ0) is 22.8. The molecular formula is C22H19N5O4S. The number of hydrogen-bond acceptors (Lipinski definition) is 6. The quantitative estimate of drug-likeness (QED) is 0.355. The predicted molar refractivity (Wildman–Crippen MR) is 121 cm³/mol. The molecule has 9 nitrogen and oxygen atoms in total. The lowest BCUT2D eigenvalue weighted by atomic mass is 10.1. The third-order valence-corrected chi connectivity index (χ3v) is 6.04. The number of benzene rings is 2. The number of hydrogen-bond donors (Lipinski definition) is 2. The molecule has 4 rings (SSSR count). The summed E-state index contributed by atoms with van der Waals surface area (Å²) >= 11 is 1.28. The molecule has 0 fully saturated rings. The monoisotopic (exact) mass is 449 g/mol. The Labute approximate surface area is 186 Å². The van der Waals surface area contributed by atoms with Crippen LogP contribution >= 0.6 is 11.3 Å². The highest BCUT2D eigenvalue weighted by atomic mass is 32.1. The van der Waals surface area contributed by atoms with E-state index in [0.717, 1.165) is 27.5 Å². The van der Waals surface area contributed by atoms with E-state index < -0.39 is 16.7 Å². The summed E-state index contributed by atoms with van der Waals surface area (Å²) in [4.78, 5) is 36.4. The van der Waals surface area contributed by atoms with Gasteiger partial charge >= 0.3 is 0 Å². The molecule has 0 aliphatic rings. The summed E-state index contributed by atoms with van der Waals surface area (Å²) in [6.45, 7) is 4.49. The van der Waals surface area contributed by atoms with Crippen LogP contribution < -0.4 is 10.9 Å². The number of nitrogens with one attached hydrogen (secondary N) is 2. The van der Waals surface area contributed by atoms with Crippen LogP contribution in [0.15, 0.2) is 54.6 Å². The van der Waals surface area contributed by atoms with Crippen molar-refractivity contribution in [3.05, 3.63) is 92.0 Å². The van der Waals surface area contributed by atoms with Crippen molar-refractivity contribution in [1.29, 1.82) is 0 Å². The zero-order valence-corrected chi connectivity index (χ0v) is 18.1. The van der Waals surface area contributed by atoms with Gasteiger partial charge in [-0.05, 0) is 31.5 Å². The number of nitro benzene ring substituents is 1. The molecule has 2 heterocycles. The number of rotatable bonds is 5. The minimum atomic E-state index is -0.648. The van der Waals surface area contributed by atoms with E-state index in [2.05, 4.69) is 16.0 Å². The summed E-state index contributed by atoms with van der Waals surface area (Å²) < 4.78 is 1.86. The Bertz CT molecular complexity index is 1340. The first-order valence-corrected chi connectivity index (χ1v) is 10.5. The summed E-state index contributed by atoms with van der Waals surface area (Å²) in [5, 5.41) is 16.3. The molecule has 2 N–H and O–H groups in total. The summed E-state index contributed by atoms with van der Waals surface area (Å²) in [6, 6.07) is 15.2. The van der Waals surface area contributed by atoms with Crippen molar-refractivity contribution in [2.24, 2.45) is 0 Å². The normalized spacial score (nSPS) is 10.8. The minimum absolute atomic E-state index is 0.0698. The number of carbonyl (C=O) groups is 2. The highest BCUT2D eigenvalue weighted by molar-refractivity contribution is 7.20. The average molecular weight is 449 g/mol. The molecule has 0 unspecified atom stereocenters. The topological polar surface area (TPSA) is 119 Å². The van der Waals surface area contributed by atoms with E-state index in [1.807, 2.05) is 42.8 Å². The van der Waals surface area contributed by atoms with Gasteiger partial charge in [0.25, 0.3) is 17.5 Å². The van der Waals surface area contributed by atoms with Crippen LogP contribution in [-0.4, -0.2) is 26.5 Å². The molecule has 0 aliphatic carbocycles. The van der Waals surface area contributed by atoms with Crippen molar-refractivity contribution in [2.75, 3.05) is 0 Å². The number of non-ortho nitro benzene ring substituents is 1. The van der Waals surface area contributed by atoms with E-state index in [4.69, 9.17) is 0 Å². The second kappa shape index (κ2) is 8.60. The first kappa shape index (κ1) is 21.2. The minimum Gasteiger partial charge on any atom is -0.267 e. The molecule has 10 heteroatoms. The first-order valence-electron chi connectivity index (χ1n) is 9.69. The van der Waals surface area contributed by atoms with Gasteiger partial charge in [-0.1, -0.05) is 35.9 Å². The molecule has 0 aliphatic heterocycles. The summed E-state index contributed by atoms with van der Waals surface area (Å²) in [5.74, 6) is -1.13. The number of nitro groups is 1. The van der Waals surface area contributed by atoms with Crippen molar-refractivity contribution >= 4 is 39.1 Å². The van der Waals surface area contributed by atoms with Gasteiger partial charge < -0.3 is 0 Å². The van der Waals surface area contributed by atoms with Gasteiger partial charge in [0.05, 0.1) is 22.0 Å². The predicted octanol–water partition coefficient (Wildman–Crippen LogP) is 3.75. The van der Waals surface area contributed by atoms with Crippen molar-refractivity contribution in [3.63, 3.8) is 0 Å². The van der Waals surface area contributed by atoms with Gasteiger partial charge in [-0.2, -0.15) is 5.10 Å². The van der Waals surface area contributed by atoms with Crippen molar-refractivity contribution in [1.82, 2.24) is 20.6 Å². The maximum Gasteiger partial charge on any atom is 0.279 e. The summed E-state index contributed by atoms with van der Waals surface area (Å²) in [6.07, 6.45) is 0. The molecule has 0 saturated heterocycles. The van der Waals surface area contributed by atoms with Crippen LogP contribution in [0.2, 0.25) is 0 Å². The fourth-order valence-corrected chi connectivity index (χ4v) is 4.26. The van der Waals surface area contributed by atoms with Crippen molar-refractivity contribution in [3.8, 4) is 0 Å². The van der Waals surface area contributed by atoms with Crippen LogP contribution in [0.5, 0.6) is 0 Å². The second-order valence-electron chi connectivity index (χ2n) is 7.27. The number of aryl methyl sites for hydroxylation is 2. The molecular weight excluding hydrogens is 430 g/mol. The summed E-state index contributed by atoms with van der Waals surface area (Å²) in [5.41, 5.74) is 7.61. The Balaban J connectivity index is 1.48. The molecule has 162 valence electrons. The van der Waals surface area contributed by atoms with Gasteiger partial charge in [-0.25, -0.2) is 0 Å². The molecule has 0 saturated carbocycles. The van der Waals surface area contributed by atoms with Crippen molar-refractivity contribution < 1.29 is 14.5 Å². The van der Waals surface area contributed by atoms with Crippen LogP contribution in [0.1, 0.15) is 36.9 Å². The lowest BCUT2D eigenvalue weighted by molar-refractivity contribution is -0.384. The molecule has 4 aromatic rings. The standard InChI is InChI=1S/C22H19N5O4S/c1-13-6-8-15(9-7-13)12-26-22-18(14(2)25-26)11-19(32-22)21(29)24-23-20(28)16-4-3-5-17(10-16)27(30)31/h3-11H,12H2,1-2H3,(H,23,28)(H,24,29). The van der Waals surface area contributed by atoms with Gasteiger partial charge in [0.1, 0.15) is 4.83 Å². The smallest absolute Gasteiger partial charge is 0.267 e.